The molecule has 1 amide bonds. The van der Waals surface area contributed by atoms with Crippen LogP contribution in [0.25, 0.3) is 0 Å². The van der Waals surface area contributed by atoms with Crippen molar-refractivity contribution in [1.82, 2.24) is 4.90 Å². The van der Waals surface area contributed by atoms with Crippen molar-refractivity contribution >= 4 is 17.9 Å². The Kier molecular flexibility index (Phi) is 7.65. The van der Waals surface area contributed by atoms with Crippen LogP contribution < -0.4 is 4.74 Å². The molecule has 0 aliphatic carbocycles. The van der Waals surface area contributed by atoms with Crippen molar-refractivity contribution in [1.29, 1.82) is 0 Å². The molecule has 2 rings (SSSR count). The molecule has 5 nitrogen and oxygen atoms in total. The fraction of sp³-hybridized carbons (Fsp3) is 0.650. The first kappa shape index (κ1) is 20.9. The third kappa shape index (κ3) is 6.40. The van der Waals surface area contributed by atoms with Gasteiger partial charge in [-0.25, -0.2) is 4.79 Å². The zero-order valence-electron chi connectivity index (χ0n) is 16.2. The van der Waals surface area contributed by atoms with Crippen LogP contribution in [0, 0.1) is 0 Å². The molecule has 1 aliphatic rings. The number of carbonyl (C=O) groups excluding carboxylic acids is 1. The second-order valence-electron chi connectivity index (χ2n) is 7.67. The molecule has 1 aromatic carbocycles. The van der Waals surface area contributed by atoms with Crippen LogP contribution in [-0.2, 0) is 10.5 Å². The summed E-state index contributed by atoms with van der Waals surface area (Å²) in [5.74, 6) is 1.77. The van der Waals surface area contributed by atoms with Crippen molar-refractivity contribution in [3.8, 4) is 5.75 Å². The third-order valence-corrected chi connectivity index (χ3v) is 5.66. The lowest BCUT2D eigenvalue weighted by Crippen LogP contribution is -2.40. The predicted octanol–water partition coefficient (Wildman–Crippen LogP) is 4.08. The van der Waals surface area contributed by atoms with Crippen molar-refractivity contribution in [2.75, 3.05) is 20.3 Å². The average molecular weight is 382 g/mol. The Balaban J connectivity index is 1.93. The van der Waals surface area contributed by atoms with Crippen LogP contribution in [0.2, 0.25) is 0 Å². The van der Waals surface area contributed by atoms with Gasteiger partial charge in [0.25, 0.3) is 0 Å². The van der Waals surface area contributed by atoms with Gasteiger partial charge < -0.3 is 19.5 Å². The summed E-state index contributed by atoms with van der Waals surface area (Å²) < 4.78 is 10.8. The number of hydrogen-bond donors (Lipinski definition) is 1. The van der Waals surface area contributed by atoms with Crippen LogP contribution in [0.3, 0.4) is 0 Å². The number of aliphatic hydroxyl groups excluding tert-OH is 1. The van der Waals surface area contributed by atoms with Crippen LogP contribution in [0.1, 0.15) is 45.6 Å². The van der Waals surface area contributed by atoms with Gasteiger partial charge in [0.2, 0.25) is 0 Å². The highest BCUT2D eigenvalue weighted by molar-refractivity contribution is 7.99. The van der Waals surface area contributed by atoms with Crippen molar-refractivity contribution < 1.29 is 19.4 Å². The fourth-order valence-corrected chi connectivity index (χ4v) is 4.32. The predicted molar refractivity (Wildman–Crippen MR) is 106 cm³/mol. The number of carbonyl (C=O) groups is 1. The van der Waals surface area contributed by atoms with E-state index in [1.165, 1.54) is 5.56 Å². The summed E-state index contributed by atoms with van der Waals surface area (Å²) >= 11 is 1.87. The van der Waals surface area contributed by atoms with Crippen LogP contribution >= 0.6 is 11.8 Å². The molecule has 2 atom stereocenters. The Bertz CT molecular complexity index is 570. The summed E-state index contributed by atoms with van der Waals surface area (Å²) in [5, 5.41) is 9.53. The van der Waals surface area contributed by atoms with E-state index in [9.17, 15) is 4.79 Å². The molecule has 1 fully saturated rings. The topological polar surface area (TPSA) is 59.0 Å². The first-order valence-electron chi connectivity index (χ1n) is 9.17. The monoisotopic (exact) mass is 381 g/mol. The van der Waals surface area contributed by atoms with Crippen LogP contribution in [0.5, 0.6) is 5.75 Å². The maximum absolute atomic E-state index is 12.5. The summed E-state index contributed by atoms with van der Waals surface area (Å²) in [6.45, 7) is 6.52. The van der Waals surface area contributed by atoms with E-state index in [0.29, 0.717) is 18.2 Å². The number of ether oxygens (including phenoxy) is 2. The molecule has 0 radical (unpaired) electrons. The smallest absolute Gasteiger partial charge is 0.410 e. The third-order valence-electron chi connectivity index (χ3n) is 4.34. The van der Waals surface area contributed by atoms with Gasteiger partial charge >= 0.3 is 6.09 Å². The van der Waals surface area contributed by atoms with Crippen molar-refractivity contribution in [3.63, 3.8) is 0 Å². The number of hydrogen-bond acceptors (Lipinski definition) is 5. The maximum atomic E-state index is 12.5. The standard InChI is InChI=1S/C20H31NO4S/c1-20(2,3)25-19(23)21-13-18(12-16(21)6-5-11-22)26-14-15-7-9-17(24-4)10-8-15/h7-10,16,18,22H,5-6,11-14H2,1-4H3. The lowest BCUT2D eigenvalue weighted by atomic mass is 10.1. The normalized spacial score (nSPS) is 20.3. The second kappa shape index (κ2) is 9.51. The number of likely N-dealkylation sites (tertiary alicyclic amines) is 1. The number of nitrogens with zero attached hydrogens (tertiary/aromatic N) is 1. The first-order valence-corrected chi connectivity index (χ1v) is 10.2. The highest BCUT2D eigenvalue weighted by Gasteiger charge is 2.37. The average Bonchev–Trinajstić information content (AvgIpc) is 3.00. The Labute approximate surface area is 161 Å². The van der Waals surface area contributed by atoms with E-state index in [1.54, 1.807) is 7.11 Å². The Morgan fingerprint density at radius 3 is 2.58 bits per heavy atom. The number of rotatable bonds is 7. The van der Waals surface area contributed by atoms with Crippen molar-refractivity contribution in [2.45, 2.75) is 62.7 Å². The van der Waals surface area contributed by atoms with Crippen molar-refractivity contribution in [2.24, 2.45) is 0 Å². The minimum Gasteiger partial charge on any atom is -0.497 e. The van der Waals surface area contributed by atoms with Gasteiger partial charge in [-0.15, -0.1) is 0 Å². The van der Waals surface area contributed by atoms with E-state index < -0.39 is 5.60 Å². The number of amides is 1. The molecule has 0 bridgehead atoms. The molecular formula is C20H31NO4S. The zero-order valence-corrected chi connectivity index (χ0v) is 17.1. The molecule has 2 unspecified atom stereocenters. The van der Waals surface area contributed by atoms with E-state index in [1.807, 2.05) is 49.6 Å². The summed E-state index contributed by atoms with van der Waals surface area (Å²) in [6.07, 6.45) is 2.22. The molecule has 1 saturated heterocycles. The molecule has 26 heavy (non-hydrogen) atoms. The van der Waals surface area contributed by atoms with E-state index in [2.05, 4.69) is 12.1 Å². The van der Waals surface area contributed by atoms with E-state index in [0.717, 1.165) is 24.3 Å². The largest absolute Gasteiger partial charge is 0.497 e. The molecule has 0 saturated carbocycles. The summed E-state index contributed by atoms with van der Waals surface area (Å²) in [6, 6.07) is 8.25. The van der Waals surface area contributed by atoms with E-state index >= 15 is 0 Å². The Morgan fingerprint density at radius 1 is 1.31 bits per heavy atom. The number of thioether (sulfide) groups is 1. The van der Waals surface area contributed by atoms with Crippen LogP contribution in [0.4, 0.5) is 4.79 Å². The quantitative estimate of drug-likeness (QED) is 0.771. The lowest BCUT2D eigenvalue weighted by Gasteiger charge is -2.28. The van der Waals surface area contributed by atoms with Gasteiger partial charge in [-0.3, -0.25) is 0 Å². The van der Waals surface area contributed by atoms with Crippen LogP contribution in [0.15, 0.2) is 24.3 Å². The van der Waals surface area contributed by atoms with Gasteiger partial charge in [0, 0.05) is 30.2 Å². The van der Waals surface area contributed by atoms with Crippen molar-refractivity contribution in [3.05, 3.63) is 29.8 Å². The highest BCUT2D eigenvalue weighted by Crippen LogP contribution is 2.33. The minimum atomic E-state index is -0.493. The maximum Gasteiger partial charge on any atom is 0.410 e. The minimum absolute atomic E-state index is 0.144. The zero-order chi connectivity index (χ0) is 19.2. The van der Waals surface area contributed by atoms with Gasteiger partial charge in [-0.05, 0) is 57.7 Å². The molecule has 1 aromatic rings. The SMILES string of the molecule is COc1ccc(CSC2CC(CCCO)N(C(=O)OC(C)(C)C)C2)cc1. The summed E-state index contributed by atoms with van der Waals surface area (Å²) in [5.41, 5.74) is 0.755. The van der Waals surface area contributed by atoms with Gasteiger partial charge in [0.1, 0.15) is 11.4 Å². The molecule has 1 heterocycles. The Morgan fingerprint density at radius 2 is 2.00 bits per heavy atom. The second-order valence-corrected chi connectivity index (χ2v) is 8.96. The van der Waals surface area contributed by atoms with E-state index in [4.69, 9.17) is 14.6 Å². The number of methoxy groups -OCH3 is 1. The summed E-state index contributed by atoms with van der Waals surface area (Å²) in [7, 11) is 1.67. The molecule has 6 heteroatoms. The highest BCUT2D eigenvalue weighted by atomic mass is 32.2. The van der Waals surface area contributed by atoms with Gasteiger partial charge in [-0.2, -0.15) is 11.8 Å². The molecule has 146 valence electrons. The lowest BCUT2D eigenvalue weighted by molar-refractivity contribution is 0.0216. The summed E-state index contributed by atoms with van der Waals surface area (Å²) in [4.78, 5) is 14.4. The Hall–Kier alpha value is -1.40. The molecule has 1 N–H and O–H groups in total. The molecule has 0 aromatic heterocycles. The molecule has 1 aliphatic heterocycles. The van der Waals surface area contributed by atoms with Gasteiger partial charge in [-0.1, -0.05) is 12.1 Å². The first-order chi connectivity index (χ1) is 12.3. The van der Waals surface area contributed by atoms with Gasteiger partial charge in [0.05, 0.1) is 7.11 Å². The van der Waals surface area contributed by atoms with Crippen LogP contribution in [-0.4, -0.2) is 53.3 Å². The molecule has 0 spiro atoms. The number of benzene rings is 1. The van der Waals surface area contributed by atoms with E-state index in [-0.39, 0.29) is 18.7 Å². The van der Waals surface area contributed by atoms with Gasteiger partial charge in [0.15, 0.2) is 0 Å². The molecular weight excluding hydrogens is 350 g/mol. The fourth-order valence-electron chi connectivity index (χ4n) is 3.08. The number of aliphatic hydroxyl groups is 1.